The summed E-state index contributed by atoms with van der Waals surface area (Å²) in [7, 11) is 3.90. The third-order valence-corrected chi connectivity index (χ3v) is 4.80. The van der Waals surface area contributed by atoms with Gasteiger partial charge < -0.3 is 9.88 Å². The van der Waals surface area contributed by atoms with Crippen LogP contribution in [0.4, 0.5) is 5.13 Å². The molecule has 0 saturated carbocycles. The SMILES string of the molecule is CNc1nc(-c2ccccc2-c2cnc3c(ccn3C)c2)cs1. The van der Waals surface area contributed by atoms with Crippen molar-refractivity contribution >= 4 is 27.5 Å². The standard InChI is InChI=1S/C18H16N4S/c1-19-18-21-16(11-23-18)15-6-4-3-5-14(15)13-9-12-7-8-22(2)17(12)20-10-13/h3-11H,1-2H3,(H,19,21). The van der Waals surface area contributed by atoms with E-state index in [0.717, 1.165) is 38.5 Å². The number of hydrogen-bond acceptors (Lipinski definition) is 4. The predicted molar refractivity (Wildman–Crippen MR) is 96.8 cm³/mol. The van der Waals surface area contributed by atoms with Gasteiger partial charge in [0.25, 0.3) is 0 Å². The summed E-state index contributed by atoms with van der Waals surface area (Å²) in [6.45, 7) is 0. The maximum Gasteiger partial charge on any atom is 0.182 e. The fraction of sp³-hybridized carbons (Fsp3) is 0.111. The molecule has 5 heteroatoms. The molecule has 1 N–H and O–H groups in total. The second-order valence-corrected chi connectivity index (χ2v) is 6.26. The van der Waals surface area contributed by atoms with Gasteiger partial charge in [0.05, 0.1) is 5.69 Å². The van der Waals surface area contributed by atoms with Gasteiger partial charge >= 0.3 is 0 Å². The molecule has 0 saturated heterocycles. The van der Waals surface area contributed by atoms with E-state index in [4.69, 9.17) is 0 Å². The second kappa shape index (κ2) is 5.52. The van der Waals surface area contributed by atoms with Crippen LogP contribution < -0.4 is 5.32 Å². The van der Waals surface area contributed by atoms with Gasteiger partial charge in [-0.05, 0) is 17.7 Å². The number of nitrogens with one attached hydrogen (secondary N) is 1. The summed E-state index contributed by atoms with van der Waals surface area (Å²) < 4.78 is 2.03. The first-order valence-electron chi connectivity index (χ1n) is 7.40. The van der Waals surface area contributed by atoms with Gasteiger partial charge in [0.1, 0.15) is 5.65 Å². The Morgan fingerprint density at radius 2 is 1.96 bits per heavy atom. The summed E-state index contributed by atoms with van der Waals surface area (Å²) in [5.74, 6) is 0. The van der Waals surface area contributed by atoms with Crippen LogP contribution in [0.5, 0.6) is 0 Å². The molecule has 0 atom stereocenters. The number of fused-ring (bicyclic) bond motifs is 1. The molecule has 0 fully saturated rings. The Labute approximate surface area is 138 Å². The zero-order chi connectivity index (χ0) is 15.8. The van der Waals surface area contributed by atoms with E-state index in [-0.39, 0.29) is 0 Å². The van der Waals surface area contributed by atoms with E-state index in [0.29, 0.717) is 0 Å². The highest BCUT2D eigenvalue weighted by Gasteiger charge is 2.11. The number of aryl methyl sites for hydroxylation is 1. The van der Waals surface area contributed by atoms with Crippen LogP contribution >= 0.6 is 11.3 Å². The first-order chi connectivity index (χ1) is 11.3. The van der Waals surface area contributed by atoms with Crippen LogP contribution in [-0.4, -0.2) is 21.6 Å². The van der Waals surface area contributed by atoms with Gasteiger partial charge in [0, 0.05) is 48.4 Å². The molecule has 0 unspecified atom stereocenters. The number of benzene rings is 1. The van der Waals surface area contributed by atoms with Gasteiger partial charge in [-0.25, -0.2) is 9.97 Å². The zero-order valence-electron chi connectivity index (χ0n) is 12.9. The molecule has 3 aromatic heterocycles. The Bertz CT molecular complexity index is 984. The largest absolute Gasteiger partial charge is 0.365 e. The Morgan fingerprint density at radius 1 is 1.13 bits per heavy atom. The van der Waals surface area contributed by atoms with Gasteiger partial charge in [0.15, 0.2) is 5.13 Å². The molecular formula is C18H16N4S. The predicted octanol–water partition coefficient (Wildman–Crippen LogP) is 4.41. The maximum atomic E-state index is 4.63. The van der Waals surface area contributed by atoms with Crippen LogP contribution in [0.1, 0.15) is 0 Å². The normalized spacial score (nSPS) is 11.0. The third kappa shape index (κ3) is 2.39. The van der Waals surface area contributed by atoms with Crippen molar-refractivity contribution in [1.82, 2.24) is 14.5 Å². The van der Waals surface area contributed by atoms with E-state index in [2.05, 4.69) is 51.0 Å². The van der Waals surface area contributed by atoms with E-state index in [1.54, 1.807) is 11.3 Å². The summed E-state index contributed by atoms with van der Waals surface area (Å²) in [6.07, 6.45) is 3.97. The molecule has 0 aliphatic heterocycles. The van der Waals surface area contributed by atoms with Gasteiger partial charge in [-0.15, -0.1) is 11.3 Å². The summed E-state index contributed by atoms with van der Waals surface area (Å²) in [5.41, 5.74) is 5.37. The van der Waals surface area contributed by atoms with Crippen LogP contribution in [0.15, 0.2) is 54.2 Å². The van der Waals surface area contributed by atoms with Crippen LogP contribution in [0.2, 0.25) is 0 Å². The average molecular weight is 320 g/mol. The molecule has 0 aliphatic carbocycles. The Morgan fingerprint density at radius 3 is 2.74 bits per heavy atom. The van der Waals surface area contributed by atoms with E-state index in [1.807, 2.05) is 37.1 Å². The first kappa shape index (κ1) is 14.0. The van der Waals surface area contributed by atoms with E-state index in [9.17, 15) is 0 Å². The van der Waals surface area contributed by atoms with Crippen LogP contribution in [-0.2, 0) is 7.05 Å². The van der Waals surface area contributed by atoms with Gasteiger partial charge in [-0.1, -0.05) is 24.3 Å². The van der Waals surface area contributed by atoms with Crippen LogP contribution in [0.25, 0.3) is 33.4 Å². The molecule has 0 bridgehead atoms. The second-order valence-electron chi connectivity index (χ2n) is 5.40. The lowest BCUT2D eigenvalue weighted by Crippen LogP contribution is -1.90. The summed E-state index contributed by atoms with van der Waals surface area (Å²) in [6, 6.07) is 12.6. The summed E-state index contributed by atoms with van der Waals surface area (Å²) in [5, 5.41) is 7.25. The molecule has 4 aromatic rings. The van der Waals surface area contributed by atoms with Crippen molar-refractivity contribution in [3.63, 3.8) is 0 Å². The number of thiazole rings is 1. The summed E-state index contributed by atoms with van der Waals surface area (Å²) in [4.78, 5) is 9.24. The van der Waals surface area contributed by atoms with Gasteiger partial charge in [-0.3, -0.25) is 0 Å². The number of anilines is 1. The fourth-order valence-corrected chi connectivity index (χ4v) is 3.44. The first-order valence-corrected chi connectivity index (χ1v) is 8.28. The third-order valence-electron chi connectivity index (χ3n) is 3.94. The molecule has 4 rings (SSSR count). The Balaban J connectivity index is 1.87. The lowest BCUT2D eigenvalue weighted by atomic mass is 9.99. The van der Waals surface area contributed by atoms with E-state index in [1.165, 1.54) is 0 Å². The number of hydrogen-bond donors (Lipinski definition) is 1. The maximum absolute atomic E-state index is 4.63. The minimum Gasteiger partial charge on any atom is -0.365 e. The quantitative estimate of drug-likeness (QED) is 0.608. The van der Waals surface area contributed by atoms with E-state index >= 15 is 0 Å². The number of aromatic nitrogens is 3. The minimum absolute atomic E-state index is 0.923. The molecule has 23 heavy (non-hydrogen) atoms. The number of nitrogens with zero attached hydrogens (tertiary/aromatic N) is 3. The van der Waals surface area contributed by atoms with Crippen molar-refractivity contribution in [3.8, 4) is 22.4 Å². The molecular weight excluding hydrogens is 304 g/mol. The fourth-order valence-electron chi connectivity index (χ4n) is 2.77. The molecule has 114 valence electrons. The highest BCUT2D eigenvalue weighted by molar-refractivity contribution is 7.14. The highest BCUT2D eigenvalue weighted by atomic mass is 32.1. The smallest absolute Gasteiger partial charge is 0.182 e. The van der Waals surface area contributed by atoms with Crippen molar-refractivity contribution in [2.24, 2.45) is 7.05 Å². The van der Waals surface area contributed by atoms with Crippen LogP contribution in [0.3, 0.4) is 0 Å². The summed E-state index contributed by atoms with van der Waals surface area (Å²) >= 11 is 1.61. The van der Waals surface area contributed by atoms with Gasteiger partial charge in [-0.2, -0.15) is 0 Å². The Hall–Kier alpha value is -2.66. The molecule has 0 aliphatic rings. The molecule has 0 amide bonds. The molecule has 0 spiro atoms. The Kier molecular flexibility index (Phi) is 3.35. The van der Waals surface area contributed by atoms with Crippen LogP contribution in [0, 0.1) is 0 Å². The topological polar surface area (TPSA) is 42.7 Å². The molecule has 3 heterocycles. The van der Waals surface area contributed by atoms with Crippen molar-refractivity contribution in [1.29, 1.82) is 0 Å². The van der Waals surface area contributed by atoms with Crippen molar-refractivity contribution in [3.05, 3.63) is 54.2 Å². The molecule has 1 aromatic carbocycles. The molecule has 0 radical (unpaired) electrons. The monoisotopic (exact) mass is 320 g/mol. The van der Waals surface area contributed by atoms with Crippen molar-refractivity contribution in [2.75, 3.05) is 12.4 Å². The minimum atomic E-state index is 0.923. The van der Waals surface area contributed by atoms with E-state index < -0.39 is 0 Å². The lowest BCUT2D eigenvalue weighted by Gasteiger charge is -2.08. The number of rotatable bonds is 3. The number of pyridine rings is 1. The van der Waals surface area contributed by atoms with Crippen molar-refractivity contribution < 1.29 is 0 Å². The van der Waals surface area contributed by atoms with Crippen molar-refractivity contribution in [2.45, 2.75) is 0 Å². The zero-order valence-corrected chi connectivity index (χ0v) is 13.8. The molecule has 4 nitrogen and oxygen atoms in total. The lowest BCUT2D eigenvalue weighted by molar-refractivity contribution is 0.949. The van der Waals surface area contributed by atoms with Gasteiger partial charge in [0.2, 0.25) is 0 Å². The highest BCUT2D eigenvalue weighted by Crippen LogP contribution is 2.34. The average Bonchev–Trinajstić information content (AvgIpc) is 3.22.